The molecule has 1 fully saturated rings. The zero-order chi connectivity index (χ0) is 31.5. The standard InChI is InChI=1S/C35H33BrFN5O3/c1-22-17-25(20-38-42-34(24-7-4-3-5-8-24)40-32-16-11-26(36)18-31(32)35(42)44)23(2)41(22)29-12-14-30(15-13-29)45-21-33(43)39-28-10-6-9-27(37)19-28/h6,9-20,24H,3-5,7-8,21H2,1-2H3,(H,39,43). The van der Waals surface area contributed by atoms with Gasteiger partial charge >= 0.3 is 0 Å². The Labute approximate surface area is 268 Å². The zero-order valence-corrected chi connectivity index (χ0v) is 26.7. The molecule has 0 saturated heterocycles. The van der Waals surface area contributed by atoms with E-state index in [0.717, 1.165) is 58.6 Å². The maximum Gasteiger partial charge on any atom is 0.282 e. The van der Waals surface area contributed by atoms with Crippen molar-refractivity contribution in [3.8, 4) is 11.4 Å². The van der Waals surface area contributed by atoms with E-state index in [0.29, 0.717) is 22.3 Å². The molecule has 3 aromatic carbocycles. The highest BCUT2D eigenvalue weighted by atomic mass is 79.9. The van der Waals surface area contributed by atoms with E-state index >= 15 is 0 Å². The number of carbonyl (C=O) groups is 1. The van der Waals surface area contributed by atoms with Gasteiger partial charge in [-0.25, -0.2) is 9.37 Å². The molecule has 2 aromatic heterocycles. The van der Waals surface area contributed by atoms with Crippen molar-refractivity contribution in [1.82, 2.24) is 14.2 Å². The lowest BCUT2D eigenvalue weighted by molar-refractivity contribution is -0.118. The molecule has 1 aliphatic rings. The van der Waals surface area contributed by atoms with Gasteiger partial charge in [-0.1, -0.05) is 41.3 Å². The summed E-state index contributed by atoms with van der Waals surface area (Å²) >= 11 is 3.48. The quantitative estimate of drug-likeness (QED) is 0.172. The third-order valence-electron chi connectivity index (χ3n) is 8.16. The van der Waals surface area contributed by atoms with E-state index in [1.807, 2.05) is 44.2 Å². The number of nitrogens with zero attached hydrogens (tertiary/aromatic N) is 4. The average Bonchev–Trinajstić information content (AvgIpc) is 3.32. The minimum Gasteiger partial charge on any atom is -0.484 e. The van der Waals surface area contributed by atoms with Gasteiger partial charge in [0.05, 0.1) is 17.1 Å². The van der Waals surface area contributed by atoms with Crippen LogP contribution in [0.4, 0.5) is 10.1 Å². The molecule has 0 unspecified atom stereocenters. The number of rotatable bonds is 8. The normalized spacial score (nSPS) is 13.9. The molecule has 1 amide bonds. The molecule has 0 bridgehead atoms. The third kappa shape index (κ3) is 6.76. The van der Waals surface area contributed by atoms with Crippen molar-refractivity contribution in [2.24, 2.45) is 5.10 Å². The van der Waals surface area contributed by atoms with Crippen molar-refractivity contribution in [3.63, 3.8) is 0 Å². The maximum atomic E-state index is 13.7. The molecule has 1 saturated carbocycles. The number of benzene rings is 3. The Morgan fingerprint density at radius 3 is 2.60 bits per heavy atom. The van der Waals surface area contributed by atoms with Gasteiger partial charge < -0.3 is 14.6 Å². The molecule has 6 rings (SSSR count). The van der Waals surface area contributed by atoms with Crippen LogP contribution < -0.4 is 15.6 Å². The average molecular weight is 671 g/mol. The Hall–Kier alpha value is -4.57. The van der Waals surface area contributed by atoms with Crippen LogP contribution in [0.1, 0.15) is 60.8 Å². The number of hydrogen-bond acceptors (Lipinski definition) is 5. The molecule has 45 heavy (non-hydrogen) atoms. The van der Waals surface area contributed by atoms with Gasteiger partial charge in [0, 0.05) is 38.7 Å². The van der Waals surface area contributed by atoms with E-state index in [2.05, 4.69) is 25.8 Å². The van der Waals surface area contributed by atoms with Crippen LogP contribution in [0.25, 0.3) is 16.6 Å². The van der Waals surface area contributed by atoms with Crippen molar-refractivity contribution in [1.29, 1.82) is 0 Å². The molecule has 1 aliphatic carbocycles. The zero-order valence-electron chi connectivity index (χ0n) is 25.1. The fourth-order valence-corrected chi connectivity index (χ4v) is 6.30. The number of carbonyl (C=O) groups excluding carboxylic acids is 1. The summed E-state index contributed by atoms with van der Waals surface area (Å²) in [6.07, 6.45) is 7.18. The summed E-state index contributed by atoms with van der Waals surface area (Å²) in [7, 11) is 0. The van der Waals surface area contributed by atoms with Crippen LogP contribution in [0, 0.1) is 19.7 Å². The number of ether oxygens (including phenoxy) is 1. The number of nitrogens with one attached hydrogen (secondary N) is 1. The van der Waals surface area contributed by atoms with Gasteiger partial charge in [-0.05, 0) is 93.4 Å². The smallest absolute Gasteiger partial charge is 0.282 e. The number of fused-ring (bicyclic) bond motifs is 1. The number of hydrogen-bond donors (Lipinski definition) is 1. The Bertz CT molecular complexity index is 1960. The van der Waals surface area contributed by atoms with E-state index in [4.69, 9.17) is 14.8 Å². The highest BCUT2D eigenvalue weighted by Crippen LogP contribution is 2.32. The summed E-state index contributed by atoms with van der Waals surface area (Å²) in [5.74, 6) is 0.636. The minimum atomic E-state index is -0.425. The third-order valence-corrected chi connectivity index (χ3v) is 8.65. The number of halogens is 2. The van der Waals surface area contributed by atoms with Gasteiger partial charge in [-0.2, -0.15) is 9.78 Å². The molecular weight excluding hydrogens is 637 g/mol. The molecular formula is C35H33BrFN5O3. The number of anilines is 1. The molecule has 2 heterocycles. The topological polar surface area (TPSA) is 90.5 Å². The van der Waals surface area contributed by atoms with E-state index < -0.39 is 5.82 Å². The fraction of sp³-hybridized carbons (Fsp3) is 0.257. The molecule has 1 N–H and O–H groups in total. The lowest BCUT2D eigenvalue weighted by atomic mass is 9.88. The number of aryl methyl sites for hydroxylation is 1. The predicted octanol–water partition coefficient (Wildman–Crippen LogP) is 7.65. The minimum absolute atomic E-state index is 0.174. The van der Waals surface area contributed by atoms with Crippen molar-refractivity contribution < 1.29 is 13.9 Å². The van der Waals surface area contributed by atoms with Crippen molar-refractivity contribution in [3.05, 3.63) is 116 Å². The lowest BCUT2D eigenvalue weighted by Crippen LogP contribution is -2.25. The Kier molecular flexibility index (Phi) is 8.93. The highest BCUT2D eigenvalue weighted by Gasteiger charge is 2.23. The van der Waals surface area contributed by atoms with E-state index in [1.165, 1.54) is 29.3 Å². The molecule has 0 spiro atoms. The van der Waals surface area contributed by atoms with Crippen LogP contribution in [-0.2, 0) is 4.79 Å². The Balaban J connectivity index is 1.22. The molecule has 10 heteroatoms. The van der Waals surface area contributed by atoms with Crippen molar-refractivity contribution >= 4 is 44.6 Å². The molecule has 0 radical (unpaired) electrons. The SMILES string of the molecule is Cc1cc(C=Nn2c(C3CCCCC3)nc3ccc(Br)cc3c2=O)c(C)n1-c1ccc(OCC(=O)Nc2cccc(F)c2)cc1. The Morgan fingerprint density at radius 1 is 1.07 bits per heavy atom. The van der Waals surface area contributed by atoms with Crippen LogP contribution >= 0.6 is 15.9 Å². The van der Waals surface area contributed by atoms with Gasteiger partial charge in [-0.3, -0.25) is 9.59 Å². The summed E-state index contributed by atoms with van der Waals surface area (Å²) in [6, 6.07) is 20.8. The van der Waals surface area contributed by atoms with Crippen molar-refractivity contribution in [2.75, 3.05) is 11.9 Å². The van der Waals surface area contributed by atoms with E-state index in [-0.39, 0.29) is 24.0 Å². The molecule has 8 nitrogen and oxygen atoms in total. The maximum absolute atomic E-state index is 13.7. The van der Waals surface area contributed by atoms with Crippen LogP contribution in [0.15, 0.2) is 87.2 Å². The number of amides is 1. The van der Waals surface area contributed by atoms with E-state index in [9.17, 15) is 14.0 Å². The van der Waals surface area contributed by atoms with E-state index in [1.54, 1.807) is 30.5 Å². The molecule has 230 valence electrons. The largest absolute Gasteiger partial charge is 0.484 e. The van der Waals surface area contributed by atoms with Crippen LogP contribution in [-0.4, -0.2) is 33.0 Å². The monoisotopic (exact) mass is 669 g/mol. The predicted molar refractivity (Wildman–Crippen MR) is 178 cm³/mol. The van der Waals surface area contributed by atoms with Crippen molar-refractivity contribution in [2.45, 2.75) is 51.9 Å². The molecule has 5 aromatic rings. The first kappa shape index (κ1) is 30.5. The van der Waals surface area contributed by atoms with Crippen LogP contribution in [0.2, 0.25) is 0 Å². The highest BCUT2D eigenvalue weighted by molar-refractivity contribution is 9.10. The van der Waals surface area contributed by atoms with Crippen LogP contribution in [0.3, 0.4) is 0 Å². The summed E-state index contributed by atoms with van der Waals surface area (Å²) < 4.78 is 23.4. The summed E-state index contributed by atoms with van der Waals surface area (Å²) in [5, 5.41) is 7.89. The fourth-order valence-electron chi connectivity index (χ4n) is 5.94. The number of aromatic nitrogens is 3. The Morgan fingerprint density at radius 2 is 1.84 bits per heavy atom. The summed E-state index contributed by atoms with van der Waals surface area (Å²) in [5.41, 5.74) is 4.65. The summed E-state index contributed by atoms with van der Waals surface area (Å²) in [6.45, 7) is 3.82. The second-order valence-corrected chi connectivity index (χ2v) is 12.2. The van der Waals surface area contributed by atoms with Gasteiger partial charge in [0.25, 0.3) is 11.5 Å². The molecule has 0 aliphatic heterocycles. The second-order valence-electron chi connectivity index (χ2n) is 11.3. The van der Waals surface area contributed by atoms with Gasteiger partial charge in [0.1, 0.15) is 17.4 Å². The first-order valence-corrected chi connectivity index (χ1v) is 15.8. The van der Waals surface area contributed by atoms with Gasteiger partial charge in [-0.15, -0.1) is 0 Å². The van der Waals surface area contributed by atoms with Crippen LogP contribution in [0.5, 0.6) is 5.75 Å². The first-order valence-electron chi connectivity index (χ1n) is 15.0. The summed E-state index contributed by atoms with van der Waals surface area (Å²) in [4.78, 5) is 30.9. The first-order chi connectivity index (χ1) is 21.8. The second kappa shape index (κ2) is 13.2. The van der Waals surface area contributed by atoms with Gasteiger partial charge in [0.15, 0.2) is 6.61 Å². The lowest BCUT2D eigenvalue weighted by Gasteiger charge is -2.22. The molecule has 0 atom stereocenters. The van der Waals surface area contributed by atoms with Gasteiger partial charge in [0.2, 0.25) is 0 Å².